The van der Waals surface area contributed by atoms with Gasteiger partial charge in [-0.05, 0) is 12.0 Å². The zero-order chi connectivity index (χ0) is 11.3. The largest absolute Gasteiger partial charge is 0.276 e. The fourth-order valence-electron chi connectivity index (χ4n) is 1.13. The molecule has 0 aromatic carbocycles. The second-order valence-electron chi connectivity index (χ2n) is 3.17. The molecule has 1 N–H and O–H groups in total. The highest BCUT2D eigenvalue weighted by Gasteiger charge is 2.07. The van der Waals surface area contributed by atoms with E-state index in [1.807, 2.05) is 13.2 Å². The third-order valence-corrected chi connectivity index (χ3v) is 3.64. The number of sulfonamides is 1. The lowest BCUT2D eigenvalue weighted by Crippen LogP contribution is -2.28. The SMILES string of the molecule is Cn1cc(CCNS(=O)(=O)CCCl)cn1. The van der Waals surface area contributed by atoms with Gasteiger partial charge in [-0.15, -0.1) is 11.6 Å². The van der Waals surface area contributed by atoms with Crippen molar-refractivity contribution in [1.82, 2.24) is 14.5 Å². The molecule has 0 saturated carbocycles. The molecule has 0 amide bonds. The predicted molar refractivity (Wildman–Crippen MR) is 59.4 cm³/mol. The molecule has 0 aliphatic carbocycles. The van der Waals surface area contributed by atoms with Gasteiger partial charge in [0.1, 0.15) is 0 Å². The zero-order valence-electron chi connectivity index (χ0n) is 8.48. The van der Waals surface area contributed by atoms with Gasteiger partial charge < -0.3 is 0 Å². The zero-order valence-corrected chi connectivity index (χ0v) is 10.1. The lowest BCUT2D eigenvalue weighted by Gasteiger charge is -2.03. The van der Waals surface area contributed by atoms with Gasteiger partial charge in [0.25, 0.3) is 0 Å². The normalized spacial score (nSPS) is 11.9. The van der Waals surface area contributed by atoms with E-state index in [9.17, 15) is 8.42 Å². The smallest absolute Gasteiger partial charge is 0.212 e. The molecule has 5 nitrogen and oxygen atoms in total. The van der Waals surface area contributed by atoms with E-state index in [-0.39, 0.29) is 11.6 Å². The molecule has 86 valence electrons. The van der Waals surface area contributed by atoms with Gasteiger partial charge in [0.2, 0.25) is 10.0 Å². The van der Waals surface area contributed by atoms with Crippen LogP contribution in [0.1, 0.15) is 5.56 Å². The van der Waals surface area contributed by atoms with Crippen LogP contribution in [0.4, 0.5) is 0 Å². The first-order valence-corrected chi connectivity index (χ1v) is 6.73. The highest BCUT2D eigenvalue weighted by molar-refractivity contribution is 7.89. The molecule has 0 fully saturated rings. The van der Waals surface area contributed by atoms with Crippen molar-refractivity contribution in [2.24, 2.45) is 7.05 Å². The predicted octanol–water partition coefficient (Wildman–Crippen LogP) is 0.121. The maximum atomic E-state index is 11.2. The third kappa shape index (κ3) is 4.63. The Hall–Kier alpha value is -0.590. The van der Waals surface area contributed by atoms with E-state index in [0.29, 0.717) is 13.0 Å². The monoisotopic (exact) mass is 251 g/mol. The lowest BCUT2D eigenvalue weighted by molar-refractivity contribution is 0.583. The fraction of sp³-hybridized carbons (Fsp3) is 0.625. The highest BCUT2D eigenvalue weighted by atomic mass is 35.5. The van der Waals surface area contributed by atoms with Crippen LogP contribution >= 0.6 is 11.6 Å². The number of rotatable bonds is 6. The molecule has 0 bridgehead atoms. The van der Waals surface area contributed by atoms with Crippen LogP contribution in [0, 0.1) is 0 Å². The summed E-state index contributed by atoms with van der Waals surface area (Å²) in [5.74, 6) is 0.0732. The summed E-state index contributed by atoms with van der Waals surface area (Å²) < 4.78 is 26.6. The number of halogens is 1. The van der Waals surface area contributed by atoms with Crippen LogP contribution in [0.5, 0.6) is 0 Å². The van der Waals surface area contributed by atoms with E-state index >= 15 is 0 Å². The van der Waals surface area contributed by atoms with E-state index in [1.54, 1.807) is 10.9 Å². The Morgan fingerprint density at radius 1 is 1.60 bits per heavy atom. The molecule has 0 aliphatic heterocycles. The van der Waals surface area contributed by atoms with Gasteiger partial charge in [-0.2, -0.15) is 5.10 Å². The van der Waals surface area contributed by atoms with Gasteiger partial charge in [0.15, 0.2) is 0 Å². The molecule has 1 aromatic heterocycles. The highest BCUT2D eigenvalue weighted by Crippen LogP contribution is 1.97. The average molecular weight is 252 g/mol. The Labute approximate surface area is 94.5 Å². The number of aromatic nitrogens is 2. The first kappa shape index (κ1) is 12.5. The minimum Gasteiger partial charge on any atom is -0.276 e. The number of nitrogens with zero attached hydrogens (tertiary/aromatic N) is 2. The van der Waals surface area contributed by atoms with Gasteiger partial charge in [-0.25, -0.2) is 13.1 Å². The fourth-order valence-corrected chi connectivity index (χ4v) is 2.50. The van der Waals surface area contributed by atoms with Gasteiger partial charge in [0, 0.05) is 25.7 Å². The molecule has 0 saturated heterocycles. The van der Waals surface area contributed by atoms with Crippen LogP contribution in [-0.2, 0) is 23.5 Å². The second-order valence-corrected chi connectivity index (χ2v) is 5.48. The van der Waals surface area contributed by atoms with E-state index in [2.05, 4.69) is 9.82 Å². The Balaban J connectivity index is 2.33. The summed E-state index contributed by atoms with van der Waals surface area (Å²) in [6.07, 6.45) is 4.21. The minimum atomic E-state index is -3.20. The van der Waals surface area contributed by atoms with Crippen molar-refractivity contribution in [3.63, 3.8) is 0 Å². The maximum absolute atomic E-state index is 11.2. The summed E-state index contributed by atoms with van der Waals surface area (Å²) in [6.45, 7) is 0.380. The van der Waals surface area contributed by atoms with Crippen molar-refractivity contribution >= 4 is 21.6 Å². The molecule has 0 spiro atoms. The molecule has 7 heteroatoms. The molecule has 0 unspecified atom stereocenters. The van der Waals surface area contributed by atoms with Crippen LogP contribution < -0.4 is 4.72 Å². The van der Waals surface area contributed by atoms with Gasteiger partial charge in [-0.3, -0.25) is 4.68 Å². The molecule has 0 aliphatic rings. The maximum Gasteiger partial charge on any atom is 0.212 e. The molecule has 0 atom stereocenters. The molecule has 15 heavy (non-hydrogen) atoms. The first-order valence-electron chi connectivity index (χ1n) is 4.54. The van der Waals surface area contributed by atoms with Gasteiger partial charge in [0.05, 0.1) is 11.9 Å². The van der Waals surface area contributed by atoms with Crippen molar-refractivity contribution in [2.75, 3.05) is 18.2 Å². The molecule has 0 radical (unpaired) electrons. The van der Waals surface area contributed by atoms with E-state index in [0.717, 1.165) is 5.56 Å². The van der Waals surface area contributed by atoms with Gasteiger partial charge in [-0.1, -0.05) is 0 Å². The number of hydrogen-bond acceptors (Lipinski definition) is 3. The van der Waals surface area contributed by atoms with Crippen LogP contribution in [0.25, 0.3) is 0 Å². The van der Waals surface area contributed by atoms with Crippen molar-refractivity contribution < 1.29 is 8.42 Å². The molecular formula is C8H14ClN3O2S. The quantitative estimate of drug-likeness (QED) is 0.731. The van der Waals surface area contributed by atoms with E-state index in [4.69, 9.17) is 11.6 Å². The molecular weight excluding hydrogens is 238 g/mol. The Bertz CT molecular complexity index is 402. The topological polar surface area (TPSA) is 64.0 Å². The summed E-state index contributed by atoms with van der Waals surface area (Å²) in [5, 5.41) is 3.99. The molecule has 1 rings (SSSR count). The summed E-state index contributed by atoms with van der Waals surface area (Å²) in [6, 6.07) is 0. The van der Waals surface area contributed by atoms with Crippen molar-refractivity contribution in [3.05, 3.63) is 18.0 Å². The summed E-state index contributed by atoms with van der Waals surface area (Å²) >= 11 is 5.35. The van der Waals surface area contributed by atoms with Crippen molar-refractivity contribution in [2.45, 2.75) is 6.42 Å². The summed E-state index contributed by atoms with van der Waals surface area (Å²) in [5.41, 5.74) is 1.01. The van der Waals surface area contributed by atoms with Crippen molar-refractivity contribution in [3.8, 4) is 0 Å². The standard InChI is InChI=1S/C8H14ClN3O2S/c1-12-7-8(6-10-12)2-4-11-15(13,14)5-3-9/h6-7,11H,2-5H2,1H3. The first-order chi connectivity index (χ1) is 7.03. The van der Waals surface area contributed by atoms with Crippen LogP contribution in [0.3, 0.4) is 0 Å². The van der Waals surface area contributed by atoms with Crippen LogP contribution in [0.2, 0.25) is 0 Å². The van der Waals surface area contributed by atoms with E-state index in [1.165, 1.54) is 0 Å². The molecule has 1 heterocycles. The Morgan fingerprint density at radius 3 is 2.87 bits per heavy atom. The number of alkyl halides is 1. The Kier molecular flexibility index (Phi) is 4.56. The number of aryl methyl sites for hydroxylation is 1. The average Bonchev–Trinajstić information content (AvgIpc) is 2.51. The lowest BCUT2D eigenvalue weighted by atomic mass is 10.3. The molecule has 1 aromatic rings. The number of nitrogens with one attached hydrogen (secondary N) is 1. The van der Waals surface area contributed by atoms with Crippen molar-refractivity contribution in [1.29, 1.82) is 0 Å². The summed E-state index contributed by atoms with van der Waals surface area (Å²) in [4.78, 5) is 0. The van der Waals surface area contributed by atoms with E-state index < -0.39 is 10.0 Å². The summed E-state index contributed by atoms with van der Waals surface area (Å²) in [7, 11) is -1.38. The van der Waals surface area contributed by atoms with Gasteiger partial charge >= 0.3 is 0 Å². The Morgan fingerprint density at radius 2 is 2.33 bits per heavy atom. The third-order valence-electron chi connectivity index (χ3n) is 1.84. The van der Waals surface area contributed by atoms with Crippen LogP contribution in [0.15, 0.2) is 12.4 Å². The minimum absolute atomic E-state index is 0.0401. The second kappa shape index (κ2) is 5.48. The van der Waals surface area contributed by atoms with Crippen LogP contribution in [-0.4, -0.2) is 36.4 Å². The number of hydrogen-bond donors (Lipinski definition) is 1.